The van der Waals surface area contributed by atoms with Crippen LogP contribution >= 0.6 is 0 Å². The van der Waals surface area contributed by atoms with Crippen molar-refractivity contribution in [1.29, 1.82) is 0 Å². The fraction of sp³-hybridized carbons (Fsp3) is 0.412. The fourth-order valence-electron chi connectivity index (χ4n) is 2.00. The van der Waals surface area contributed by atoms with Crippen LogP contribution in [0.2, 0.25) is 0 Å². The van der Waals surface area contributed by atoms with Gasteiger partial charge in [-0.25, -0.2) is 14.3 Å². The third-order valence-corrected chi connectivity index (χ3v) is 3.82. The minimum absolute atomic E-state index is 0.0952. The van der Waals surface area contributed by atoms with E-state index in [0.29, 0.717) is 18.4 Å². The van der Waals surface area contributed by atoms with Crippen LogP contribution < -0.4 is 10.8 Å². The molecule has 1 saturated carbocycles. The second-order valence-corrected chi connectivity index (χ2v) is 6.03. The number of halogens is 2. The molecular weight excluding hydrogens is 334 g/mol. The van der Waals surface area contributed by atoms with Gasteiger partial charge >= 0.3 is 0 Å². The van der Waals surface area contributed by atoms with E-state index in [-0.39, 0.29) is 5.56 Å². The molecule has 8 heteroatoms. The van der Waals surface area contributed by atoms with Crippen molar-refractivity contribution in [3.63, 3.8) is 0 Å². The van der Waals surface area contributed by atoms with Crippen molar-refractivity contribution in [2.24, 2.45) is 5.92 Å². The summed E-state index contributed by atoms with van der Waals surface area (Å²) in [6.45, 7) is 0.689. The summed E-state index contributed by atoms with van der Waals surface area (Å²) >= 11 is 0. The molecule has 1 aliphatic rings. The maximum absolute atomic E-state index is 12.9. The molecule has 0 unspecified atom stereocenters. The standard InChI is InChI=1S/C17H18F2N2O4/c1-17(24,16(18)19)13(15(23)21-25)20-14(22)12-8-6-11(7-9-12)5-4-10-2-3-10/h6-10,13,16,24-25H,2-3H2,1H3,(H,20,22)(H,21,23)/t13-,17+/m1/s1. The first-order valence-electron chi connectivity index (χ1n) is 7.62. The van der Waals surface area contributed by atoms with Gasteiger partial charge in [0.15, 0.2) is 5.60 Å². The Balaban J connectivity index is 2.12. The Morgan fingerprint density at radius 3 is 2.36 bits per heavy atom. The van der Waals surface area contributed by atoms with Crippen LogP contribution in [0.15, 0.2) is 24.3 Å². The molecule has 1 aromatic rings. The van der Waals surface area contributed by atoms with Crippen molar-refractivity contribution < 1.29 is 28.7 Å². The van der Waals surface area contributed by atoms with Gasteiger partial charge in [-0.15, -0.1) is 0 Å². The molecule has 0 radical (unpaired) electrons. The molecule has 6 nitrogen and oxygen atoms in total. The number of hydroxylamine groups is 1. The van der Waals surface area contributed by atoms with E-state index in [1.165, 1.54) is 12.1 Å². The molecule has 2 amide bonds. The number of alkyl halides is 2. The lowest BCUT2D eigenvalue weighted by Gasteiger charge is -2.30. The summed E-state index contributed by atoms with van der Waals surface area (Å²) in [6.07, 6.45) is -1.15. The van der Waals surface area contributed by atoms with Crippen LogP contribution in [0, 0.1) is 17.8 Å². The Labute approximate surface area is 143 Å². The van der Waals surface area contributed by atoms with E-state index >= 15 is 0 Å². The largest absolute Gasteiger partial charge is 0.381 e. The highest BCUT2D eigenvalue weighted by Gasteiger charge is 2.46. The number of carbonyl (C=O) groups excluding carboxylic acids is 2. The van der Waals surface area contributed by atoms with E-state index in [1.807, 2.05) is 5.32 Å². The van der Waals surface area contributed by atoms with Gasteiger partial charge in [0.05, 0.1) is 0 Å². The SMILES string of the molecule is C[C@@](O)(C(F)F)[C@H](NC(=O)c1ccc(C#CC2CC2)cc1)C(=O)NO. The molecule has 0 heterocycles. The van der Waals surface area contributed by atoms with Crippen LogP contribution in [-0.2, 0) is 4.79 Å². The fourth-order valence-corrected chi connectivity index (χ4v) is 2.00. The average Bonchev–Trinajstić information content (AvgIpc) is 3.41. The van der Waals surface area contributed by atoms with Gasteiger partial charge < -0.3 is 10.4 Å². The Bertz CT molecular complexity index is 704. The Morgan fingerprint density at radius 1 is 1.28 bits per heavy atom. The van der Waals surface area contributed by atoms with Crippen LogP contribution in [0.25, 0.3) is 0 Å². The lowest BCUT2D eigenvalue weighted by Crippen LogP contribution is -2.61. The molecular formula is C17H18F2N2O4. The Morgan fingerprint density at radius 2 is 1.88 bits per heavy atom. The molecule has 0 bridgehead atoms. The van der Waals surface area contributed by atoms with E-state index in [0.717, 1.165) is 18.3 Å². The summed E-state index contributed by atoms with van der Waals surface area (Å²) in [5.74, 6) is 4.24. The van der Waals surface area contributed by atoms with Gasteiger partial charge in [-0.3, -0.25) is 14.8 Å². The molecule has 1 aromatic carbocycles. The molecule has 0 aromatic heterocycles. The number of hydrogen-bond acceptors (Lipinski definition) is 4. The molecule has 25 heavy (non-hydrogen) atoms. The van der Waals surface area contributed by atoms with Gasteiger partial charge in [-0.2, -0.15) is 0 Å². The number of amides is 2. The third-order valence-electron chi connectivity index (χ3n) is 3.82. The van der Waals surface area contributed by atoms with E-state index in [4.69, 9.17) is 5.21 Å². The van der Waals surface area contributed by atoms with Crippen LogP contribution in [0.3, 0.4) is 0 Å². The summed E-state index contributed by atoms with van der Waals surface area (Å²) < 4.78 is 25.9. The Hall–Kier alpha value is -2.50. The van der Waals surface area contributed by atoms with Gasteiger partial charge in [0.2, 0.25) is 0 Å². The van der Waals surface area contributed by atoms with Crippen LogP contribution in [-0.4, -0.2) is 40.2 Å². The van der Waals surface area contributed by atoms with Crippen LogP contribution in [0.5, 0.6) is 0 Å². The zero-order valence-corrected chi connectivity index (χ0v) is 13.4. The van der Waals surface area contributed by atoms with Crippen molar-refractivity contribution >= 4 is 11.8 Å². The summed E-state index contributed by atoms with van der Waals surface area (Å²) in [7, 11) is 0. The highest BCUT2D eigenvalue weighted by Crippen LogP contribution is 2.27. The first-order chi connectivity index (χ1) is 11.8. The predicted molar refractivity (Wildman–Crippen MR) is 83.9 cm³/mol. The second kappa shape index (κ2) is 7.59. The number of rotatable bonds is 5. The first-order valence-corrected chi connectivity index (χ1v) is 7.62. The summed E-state index contributed by atoms with van der Waals surface area (Å²) in [6, 6.07) is 4.00. The Kier molecular flexibility index (Phi) is 5.72. The predicted octanol–water partition coefficient (Wildman–Crippen LogP) is 1.07. The molecule has 2 atom stereocenters. The monoisotopic (exact) mass is 352 g/mol. The van der Waals surface area contributed by atoms with Crippen molar-refractivity contribution in [1.82, 2.24) is 10.8 Å². The van der Waals surface area contributed by atoms with Crippen molar-refractivity contribution in [3.05, 3.63) is 35.4 Å². The van der Waals surface area contributed by atoms with Crippen molar-refractivity contribution in [2.45, 2.75) is 37.8 Å². The second-order valence-electron chi connectivity index (χ2n) is 6.03. The summed E-state index contributed by atoms with van der Waals surface area (Å²) in [5, 5.41) is 20.4. The maximum Gasteiger partial charge on any atom is 0.269 e. The molecule has 0 aliphatic heterocycles. The molecule has 1 fully saturated rings. The number of nitrogens with one attached hydrogen (secondary N) is 2. The van der Waals surface area contributed by atoms with Gasteiger partial charge in [0, 0.05) is 17.0 Å². The van der Waals surface area contributed by atoms with Gasteiger partial charge in [-0.1, -0.05) is 11.8 Å². The number of carbonyl (C=O) groups is 2. The van der Waals surface area contributed by atoms with Gasteiger partial charge in [0.1, 0.15) is 6.04 Å². The van der Waals surface area contributed by atoms with E-state index in [2.05, 4.69) is 11.8 Å². The highest BCUT2D eigenvalue weighted by atomic mass is 19.3. The number of benzene rings is 1. The topological polar surface area (TPSA) is 98.7 Å². The van der Waals surface area contributed by atoms with Gasteiger partial charge in [-0.05, 0) is 44.0 Å². The molecule has 1 aliphatic carbocycles. The molecule has 4 N–H and O–H groups in total. The minimum atomic E-state index is -3.32. The minimum Gasteiger partial charge on any atom is -0.381 e. The number of aliphatic hydroxyl groups is 1. The molecule has 134 valence electrons. The highest BCUT2D eigenvalue weighted by molar-refractivity contribution is 5.97. The normalized spacial score (nSPS) is 17.0. The number of hydrogen-bond donors (Lipinski definition) is 4. The third kappa shape index (κ3) is 4.75. The van der Waals surface area contributed by atoms with Gasteiger partial charge in [0.25, 0.3) is 18.2 Å². The van der Waals surface area contributed by atoms with Crippen molar-refractivity contribution in [3.8, 4) is 11.8 Å². The maximum atomic E-state index is 12.9. The molecule has 0 spiro atoms. The van der Waals surface area contributed by atoms with E-state index in [1.54, 1.807) is 12.1 Å². The lowest BCUT2D eigenvalue weighted by atomic mass is 9.95. The summed E-state index contributed by atoms with van der Waals surface area (Å²) in [4.78, 5) is 23.7. The molecule has 0 saturated heterocycles. The van der Waals surface area contributed by atoms with Crippen LogP contribution in [0.1, 0.15) is 35.7 Å². The zero-order valence-electron chi connectivity index (χ0n) is 13.4. The first kappa shape index (κ1) is 18.8. The van der Waals surface area contributed by atoms with Crippen LogP contribution in [0.4, 0.5) is 8.78 Å². The lowest BCUT2D eigenvalue weighted by molar-refractivity contribution is -0.149. The quantitative estimate of drug-likeness (QED) is 0.362. The molecule has 2 rings (SSSR count). The van der Waals surface area contributed by atoms with Crippen molar-refractivity contribution in [2.75, 3.05) is 0 Å². The van der Waals surface area contributed by atoms with E-state index < -0.39 is 29.9 Å². The average molecular weight is 352 g/mol. The van der Waals surface area contributed by atoms with E-state index in [9.17, 15) is 23.5 Å². The zero-order chi connectivity index (χ0) is 18.6. The summed E-state index contributed by atoms with van der Waals surface area (Å²) in [5.41, 5.74) is -0.906. The smallest absolute Gasteiger partial charge is 0.269 e.